The van der Waals surface area contributed by atoms with E-state index in [1.807, 2.05) is 41.3 Å². The van der Waals surface area contributed by atoms with Crippen molar-refractivity contribution >= 4 is 28.8 Å². The molecule has 1 aliphatic rings. The van der Waals surface area contributed by atoms with Crippen molar-refractivity contribution in [3.8, 4) is 0 Å². The first-order valence-corrected chi connectivity index (χ1v) is 9.54. The Hall–Kier alpha value is -2.60. The van der Waals surface area contributed by atoms with Gasteiger partial charge in [-0.3, -0.25) is 9.59 Å². The number of hydrogen-bond acceptors (Lipinski definition) is 4. The molecule has 1 aromatic heterocycles. The molecule has 5 nitrogen and oxygen atoms in total. The molecule has 1 fully saturated rings. The fourth-order valence-corrected chi connectivity index (χ4v) is 4.35. The molecule has 136 valence electrons. The van der Waals surface area contributed by atoms with Gasteiger partial charge in [-0.1, -0.05) is 18.2 Å². The maximum atomic E-state index is 13.2. The summed E-state index contributed by atoms with van der Waals surface area (Å²) >= 11 is 1.46. The molecular formula is C20H23N3O2S. The van der Waals surface area contributed by atoms with Crippen LogP contribution in [0.3, 0.4) is 0 Å². The summed E-state index contributed by atoms with van der Waals surface area (Å²) in [7, 11) is 1.63. The van der Waals surface area contributed by atoms with E-state index >= 15 is 0 Å². The number of nitrogens with one attached hydrogen (secondary N) is 2. The summed E-state index contributed by atoms with van der Waals surface area (Å²) in [6, 6.07) is 11.4. The molecular weight excluding hydrogens is 346 g/mol. The number of likely N-dealkylation sites (tertiary alicyclic amines) is 1. The Balaban J connectivity index is 1.84. The molecule has 3 rings (SSSR count). The predicted molar refractivity (Wildman–Crippen MR) is 106 cm³/mol. The minimum absolute atomic E-state index is 0.0227. The van der Waals surface area contributed by atoms with Gasteiger partial charge in [0, 0.05) is 30.7 Å². The number of hydrogen-bond donors (Lipinski definition) is 2. The highest BCUT2D eigenvalue weighted by Crippen LogP contribution is 2.37. The van der Waals surface area contributed by atoms with Crippen LogP contribution in [-0.2, 0) is 0 Å². The zero-order valence-electron chi connectivity index (χ0n) is 14.8. The second kappa shape index (κ2) is 8.19. The van der Waals surface area contributed by atoms with Crippen LogP contribution in [-0.4, -0.2) is 36.9 Å². The number of thiophene rings is 1. The summed E-state index contributed by atoms with van der Waals surface area (Å²) in [5.41, 5.74) is 1.49. The van der Waals surface area contributed by atoms with Gasteiger partial charge >= 0.3 is 0 Å². The third-order valence-electron chi connectivity index (χ3n) is 4.51. The fourth-order valence-electron chi connectivity index (χ4n) is 3.24. The number of carbonyl (C=O) groups excluding carboxylic acids is 2. The summed E-state index contributed by atoms with van der Waals surface area (Å²) < 4.78 is 0. The van der Waals surface area contributed by atoms with Crippen molar-refractivity contribution in [2.45, 2.75) is 18.9 Å². The average molecular weight is 369 g/mol. The molecule has 0 bridgehead atoms. The number of amides is 2. The Morgan fingerprint density at radius 1 is 1.31 bits per heavy atom. The summed E-state index contributed by atoms with van der Waals surface area (Å²) in [6.07, 6.45) is 3.65. The van der Waals surface area contributed by atoms with Gasteiger partial charge in [0.1, 0.15) is 0 Å². The molecule has 2 amide bonds. The lowest BCUT2D eigenvalue weighted by molar-refractivity contribution is 0.0738. The standard InChI is InChI=1S/C20H23N3O2S/c1-3-12-22-15-8-5-4-7-14(15)20(25)23-13-6-9-16(23)17-10-11-18(26-17)19(24)21-2/h3-5,7-8,10-11,16,22H,1,6,9,12-13H2,2H3,(H,21,24)/t16-/m0/s1. The second-order valence-corrected chi connectivity index (χ2v) is 7.27. The SMILES string of the molecule is C=CCNc1ccccc1C(=O)N1CCC[C@H]1c1ccc(C(=O)NC)s1. The average Bonchev–Trinajstić information content (AvgIpc) is 3.34. The number of para-hydroxylation sites is 1. The van der Waals surface area contributed by atoms with Crippen LogP contribution in [0.5, 0.6) is 0 Å². The molecule has 0 aliphatic carbocycles. The van der Waals surface area contributed by atoms with E-state index in [2.05, 4.69) is 17.2 Å². The maximum Gasteiger partial charge on any atom is 0.261 e. The van der Waals surface area contributed by atoms with Gasteiger partial charge in [0.25, 0.3) is 11.8 Å². The molecule has 0 unspecified atom stereocenters. The van der Waals surface area contributed by atoms with Crippen LogP contribution >= 0.6 is 11.3 Å². The Bertz CT molecular complexity index is 815. The summed E-state index contributed by atoms with van der Waals surface area (Å²) in [5.74, 6) is -0.0642. The van der Waals surface area contributed by atoms with Gasteiger partial charge in [-0.2, -0.15) is 0 Å². The van der Waals surface area contributed by atoms with Gasteiger partial charge in [0.2, 0.25) is 0 Å². The Kier molecular flexibility index (Phi) is 5.73. The zero-order chi connectivity index (χ0) is 18.5. The predicted octanol–water partition coefficient (Wildman–Crippen LogP) is 3.68. The highest BCUT2D eigenvalue weighted by Gasteiger charge is 2.32. The molecule has 26 heavy (non-hydrogen) atoms. The van der Waals surface area contributed by atoms with Crippen LogP contribution < -0.4 is 10.6 Å². The van der Waals surface area contributed by atoms with E-state index < -0.39 is 0 Å². The minimum Gasteiger partial charge on any atom is -0.381 e. The molecule has 6 heteroatoms. The zero-order valence-corrected chi connectivity index (χ0v) is 15.6. The lowest BCUT2D eigenvalue weighted by atomic mass is 10.1. The molecule has 1 atom stereocenters. The van der Waals surface area contributed by atoms with Crippen molar-refractivity contribution in [3.63, 3.8) is 0 Å². The van der Waals surface area contributed by atoms with Crippen molar-refractivity contribution in [1.82, 2.24) is 10.2 Å². The minimum atomic E-state index is -0.0869. The molecule has 0 saturated carbocycles. The smallest absolute Gasteiger partial charge is 0.261 e. The van der Waals surface area contributed by atoms with Crippen molar-refractivity contribution in [2.24, 2.45) is 0 Å². The summed E-state index contributed by atoms with van der Waals surface area (Å²) in [5, 5.41) is 5.88. The number of nitrogens with zero attached hydrogens (tertiary/aromatic N) is 1. The lowest BCUT2D eigenvalue weighted by Crippen LogP contribution is -2.30. The number of carbonyl (C=O) groups is 2. The quantitative estimate of drug-likeness (QED) is 0.764. The molecule has 2 N–H and O–H groups in total. The van der Waals surface area contributed by atoms with Crippen LogP contribution in [0.15, 0.2) is 49.1 Å². The maximum absolute atomic E-state index is 13.2. The third-order valence-corrected chi connectivity index (χ3v) is 5.70. The molecule has 1 aromatic carbocycles. The van der Waals surface area contributed by atoms with E-state index in [1.165, 1.54) is 11.3 Å². The molecule has 0 spiro atoms. The van der Waals surface area contributed by atoms with E-state index in [-0.39, 0.29) is 17.9 Å². The third kappa shape index (κ3) is 3.65. The van der Waals surface area contributed by atoms with E-state index in [4.69, 9.17) is 0 Å². The van der Waals surface area contributed by atoms with Crippen LogP contribution in [0.25, 0.3) is 0 Å². The van der Waals surface area contributed by atoms with Crippen LogP contribution in [0.2, 0.25) is 0 Å². The second-order valence-electron chi connectivity index (χ2n) is 6.15. The van der Waals surface area contributed by atoms with E-state index in [0.717, 1.165) is 30.0 Å². The van der Waals surface area contributed by atoms with E-state index in [9.17, 15) is 9.59 Å². The molecule has 1 saturated heterocycles. The summed E-state index contributed by atoms with van der Waals surface area (Å²) in [4.78, 5) is 28.7. The Morgan fingerprint density at radius 2 is 2.12 bits per heavy atom. The van der Waals surface area contributed by atoms with Gasteiger partial charge < -0.3 is 15.5 Å². The van der Waals surface area contributed by atoms with Crippen LogP contribution in [0, 0.1) is 0 Å². The van der Waals surface area contributed by atoms with E-state index in [1.54, 1.807) is 13.1 Å². The van der Waals surface area contributed by atoms with Gasteiger partial charge in [-0.25, -0.2) is 0 Å². The Labute approximate surface area is 157 Å². The van der Waals surface area contributed by atoms with Crippen LogP contribution in [0.4, 0.5) is 5.69 Å². The van der Waals surface area contributed by atoms with Crippen molar-refractivity contribution in [1.29, 1.82) is 0 Å². The number of anilines is 1. The monoisotopic (exact) mass is 369 g/mol. The van der Waals surface area contributed by atoms with Crippen LogP contribution in [0.1, 0.15) is 43.8 Å². The Morgan fingerprint density at radius 3 is 2.88 bits per heavy atom. The van der Waals surface area contributed by atoms with Crippen molar-refractivity contribution in [2.75, 3.05) is 25.5 Å². The largest absolute Gasteiger partial charge is 0.381 e. The lowest BCUT2D eigenvalue weighted by Gasteiger charge is -2.25. The molecule has 2 aromatic rings. The first-order chi connectivity index (χ1) is 12.7. The number of rotatable bonds is 6. The molecule has 1 aliphatic heterocycles. The van der Waals surface area contributed by atoms with Crippen molar-refractivity contribution < 1.29 is 9.59 Å². The highest BCUT2D eigenvalue weighted by molar-refractivity contribution is 7.14. The first kappa shape index (κ1) is 18.2. The first-order valence-electron chi connectivity index (χ1n) is 8.72. The summed E-state index contributed by atoms with van der Waals surface area (Å²) in [6.45, 7) is 5.05. The molecule has 0 radical (unpaired) electrons. The fraction of sp³-hybridized carbons (Fsp3) is 0.300. The van der Waals surface area contributed by atoms with Crippen molar-refractivity contribution in [3.05, 3.63) is 64.4 Å². The number of benzene rings is 1. The molecule has 2 heterocycles. The van der Waals surface area contributed by atoms with Gasteiger partial charge in [0.15, 0.2) is 0 Å². The van der Waals surface area contributed by atoms with Gasteiger partial charge in [-0.15, -0.1) is 17.9 Å². The van der Waals surface area contributed by atoms with Gasteiger partial charge in [0.05, 0.1) is 16.5 Å². The normalized spacial score (nSPS) is 16.3. The topological polar surface area (TPSA) is 61.4 Å². The van der Waals surface area contributed by atoms with E-state index in [0.29, 0.717) is 17.0 Å². The highest BCUT2D eigenvalue weighted by atomic mass is 32.1. The van der Waals surface area contributed by atoms with Gasteiger partial charge in [-0.05, 0) is 37.1 Å².